The minimum absolute atomic E-state index is 0. The Morgan fingerprint density at radius 1 is 1.29 bits per heavy atom. The fourth-order valence-electron chi connectivity index (χ4n) is 1.59. The maximum atomic E-state index is 8.73. The number of oxime groups is 1. The van der Waals surface area contributed by atoms with E-state index in [1.54, 1.807) is 6.92 Å². The van der Waals surface area contributed by atoms with Gasteiger partial charge in [0, 0.05) is 11.3 Å². The fraction of sp³-hybridized carbons (Fsp3) is 0.167. The fourth-order valence-corrected chi connectivity index (χ4v) is 1.59. The van der Waals surface area contributed by atoms with Crippen molar-refractivity contribution in [1.29, 1.82) is 0 Å². The summed E-state index contributed by atoms with van der Waals surface area (Å²) in [4.78, 5) is 7.58. The zero-order chi connectivity index (χ0) is 11.5. The van der Waals surface area contributed by atoms with Crippen molar-refractivity contribution in [1.82, 2.24) is 9.97 Å². The first-order chi connectivity index (χ1) is 7.72. The van der Waals surface area contributed by atoms with Crippen LogP contribution in [0.5, 0.6) is 0 Å². The van der Waals surface area contributed by atoms with Gasteiger partial charge in [-0.3, -0.25) is 0 Å². The number of halogens is 1. The first kappa shape index (κ1) is 13.3. The van der Waals surface area contributed by atoms with Crippen LogP contribution < -0.4 is 0 Å². The predicted octanol–water partition coefficient (Wildman–Crippen LogP) is 3.01. The van der Waals surface area contributed by atoms with Crippen molar-refractivity contribution in [3.8, 4) is 11.4 Å². The number of hydrogen-bond acceptors (Lipinski definition) is 3. The predicted molar refractivity (Wildman–Crippen MR) is 70.0 cm³/mol. The van der Waals surface area contributed by atoms with Crippen molar-refractivity contribution in [3.63, 3.8) is 0 Å². The molecule has 5 heteroatoms. The number of aryl methyl sites for hydroxylation is 1. The Kier molecular flexibility index (Phi) is 4.29. The standard InChI is InChI=1S/C12H13N3O.ClH/c1-8-11(9(2)15-16)14-12(13-8)10-6-4-3-5-7-10;/h3-7,16H,1-2H3,(H,13,14);1H/b15-9+;. The van der Waals surface area contributed by atoms with E-state index in [0.29, 0.717) is 11.4 Å². The quantitative estimate of drug-likeness (QED) is 0.490. The summed E-state index contributed by atoms with van der Waals surface area (Å²) in [5.41, 5.74) is 3.12. The van der Waals surface area contributed by atoms with Crippen LogP contribution in [-0.4, -0.2) is 20.9 Å². The van der Waals surface area contributed by atoms with Gasteiger partial charge in [-0.2, -0.15) is 0 Å². The molecular weight excluding hydrogens is 238 g/mol. The second-order valence-electron chi connectivity index (χ2n) is 3.61. The molecule has 0 aliphatic heterocycles. The first-order valence-electron chi connectivity index (χ1n) is 5.03. The first-order valence-corrected chi connectivity index (χ1v) is 5.03. The van der Waals surface area contributed by atoms with Crippen LogP contribution in [0, 0.1) is 6.92 Å². The van der Waals surface area contributed by atoms with Gasteiger partial charge in [0.2, 0.25) is 0 Å². The average molecular weight is 252 g/mol. The van der Waals surface area contributed by atoms with Gasteiger partial charge < -0.3 is 10.2 Å². The number of nitrogens with zero attached hydrogens (tertiary/aromatic N) is 2. The number of imidazole rings is 1. The van der Waals surface area contributed by atoms with E-state index in [1.807, 2.05) is 37.3 Å². The number of aromatic amines is 1. The van der Waals surface area contributed by atoms with Gasteiger partial charge in [-0.05, 0) is 13.8 Å². The van der Waals surface area contributed by atoms with Crippen LogP contribution >= 0.6 is 12.4 Å². The Bertz CT molecular complexity index is 520. The third kappa shape index (κ3) is 2.65. The topological polar surface area (TPSA) is 61.3 Å². The van der Waals surface area contributed by atoms with E-state index in [9.17, 15) is 0 Å². The van der Waals surface area contributed by atoms with Gasteiger partial charge in [0.1, 0.15) is 17.2 Å². The normalized spacial score (nSPS) is 11.1. The Labute approximate surface area is 106 Å². The molecule has 2 N–H and O–H groups in total. The molecule has 1 aromatic carbocycles. The highest BCUT2D eigenvalue weighted by Crippen LogP contribution is 2.17. The number of hydrogen-bond donors (Lipinski definition) is 2. The van der Waals surface area contributed by atoms with Crippen molar-refractivity contribution < 1.29 is 5.21 Å². The van der Waals surface area contributed by atoms with Crippen LogP contribution in [0.1, 0.15) is 18.3 Å². The summed E-state index contributed by atoms with van der Waals surface area (Å²) in [6, 6.07) is 9.83. The zero-order valence-electron chi connectivity index (χ0n) is 9.64. The van der Waals surface area contributed by atoms with E-state index < -0.39 is 0 Å². The van der Waals surface area contributed by atoms with E-state index in [1.165, 1.54) is 0 Å². The molecular formula is C12H14ClN3O. The van der Waals surface area contributed by atoms with E-state index in [-0.39, 0.29) is 12.4 Å². The molecule has 0 amide bonds. The lowest BCUT2D eigenvalue weighted by molar-refractivity contribution is 0.319. The molecule has 2 aromatic rings. The summed E-state index contributed by atoms with van der Waals surface area (Å²) in [5, 5.41) is 11.9. The summed E-state index contributed by atoms with van der Waals surface area (Å²) in [6.45, 7) is 3.63. The van der Waals surface area contributed by atoms with Crippen LogP contribution in [0.15, 0.2) is 35.5 Å². The van der Waals surface area contributed by atoms with E-state index in [4.69, 9.17) is 5.21 Å². The van der Waals surface area contributed by atoms with Crippen molar-refractivity contribution in [3.05, 3.63) is 41.7 Å². The van der Waals surface area contributed by atoms with Crippen LogP contribution in [0.3, 0.4) is 0 Å². The highest BCUT2D eigenvalue weighted by Gasteiger charge is 2.10. The number of H-pyrrole nitrogens is 1. The van der Waals surface area contributed by atoms with Gasteiger partial charge in [-0.15, -0.1) is 12.4 Å². The molecule has 1 aromatic heterocycles. The Hall–Kier alpha value is -1.81. The number of nitrogens with one attached hydrogen (secondary N) is 1. The van der Waals surface area contributed by atoms with Crippen molar-refractivity contribution >= 4 is 18.1 Å². The average Bonchev–Trinajstić information content (AvgIpc) is 2.71. The molecule has 0 fully saturated rings. The number of benzene rings is 1. The van der Waals surface area contributed by atoms with Gasteiger partial charge in [-0.25, -0.2) is 4.98 Å². The molecule has 2 rings (SSSR count). The highest BCUT2D eigenvalue weighted by atomic mass is 35.5. The second kappa shape index (κ2) is 5.50. The molecule has 0 saturated heterocycles. The zero-order valence-corrected chi connectivity index (χ0v) is 10.5. The molecule has 0 atom stereocenters. The molecule has 0 aliphatic rings. The number of rotatable bonds is 2. The van der Waals surface area contributed by atoms with Crippen LogP contribution in [0.2, 0.25) is 0 Å². The monoisotopic (exact) mass is 251 g/mol. The second-order valence-corrected chi connectivity index (χ2v) is 3.61. The van der Waals surface area contributed by atoms with E-state index >= 15 is 0 Å². The molecule has 0 aliphatic carbocycles. The smallest absolute Gasteiger partial charge is 0.138 e. The lowest BCUT2D eigenvalue weighted by Crippen LogP contribution is -1.97. The van der Waals surface area contributed by atoms with Gasteiger partial charge >= 0.3 is 0 Å². The molecule has 1 heterocycles. The molecule has 0 spiro atoms. The SMILES string of the molecule is C/C(=N\O)c1nc(-c2ccccc2)[nH]c1C.Cl. The molecule has 0 unspecified atom stereocenters. The Morgan fingerprint density at radius 3 is 2.53 bits per heavy atom. The Balaban J connectivity index is 0.00000144. The number of aromatic nitrogens is 2. The third-order valence-electron chi connectivity index (χ3n) is 2.42. The van der Waals surface area contributed by atoms with Crippen molar-refractivity contribution in [2.75, 3.05) is 0 Å². The van der Waals surface area contributed by atoms with E-state index in [0.717, 1.165) is 17.1 Å². The summed E-state index contributed by atoms with van der Waals surface area (Å²) in [5.74, 6) is 0.788. The van der Waals surface area contributed by atoms with Gasteiger partial charge in [0.15, 0.2) is 0 Å². The third-order valence-corrected chi connectivity index (χ3v) is 2.42. The minimum atomic E-state index is 0. The molecule has 90 valence electrons. The lowest BCUT2D eigenvalue weighted by atomic mass is 10.2. The van der Waals surface area contributed by atoms with E-state index in [2.05, 4.69) is 15.1 Å². The van der Waals surface area contributed by atoms with Gasteiger partial charge in [-0.1, -0.05) is 35.5 Å². The molecule has 17 heavy (non-hydrogen) atoms. The van der Waals surface area contributed by atoms with Crippen LogP contribution in [0.25, 0.3) is 11.4 Å². The summed E-state index contributed by atoms with van der Waals surface area (Å²) in [6.07, 6.45) is 0. The summed E-state index contributed by atoms with van der Waals surface area (Å²) in [7, 11) is 0. The van der Waals surface area contributed by atoms with Crippen LogP contribution in [-0.2, 0) is 0 Å². The van der Waals surface area contributed by atoms with Crippen LogP contribution in [0.4, 0.5) is 0 Å². The maximum absolute atomic E-state index is 8.73. The Morgan fingerprint density at radius 2 is 1.94 bits per heavy atom. The summed E-state index contributed by atoms with van der Waals surface area (Å²) < 4.78 is 0. The van der Waals surface area contributed by atoms with Crippen molar-refractivity contribution in [2.24, 2.45) is 5.16 Å². The lowest BCUT2D eigenvalue weighted by Gasteiger charge is -1.94. The minimum Gasteiger partial charge on any atom is -0.411 e. The van der Waals surface area contributed by atoms with Crippen molar-refractivity contribution in [2.45, 2.75) is 13.8 Å². The van der Waals surface area contributed by atoms with Gasteiger partial charge in [0.25, 0.3) is 0 Å². The largest absolute Gasteiger partial charge is 0.411 e. The highest BCUT2D eigenvalue weighted by molar-refractivity contribution is 5.98. The van der Waals surface area contributed by atoms with Gasteiger partial charge in [0.05, 0.1) is 0 Å². The molecule has 0 bridgehead atoms. The summed E-state index contributed by atoms with van der Waals surface area (Å²) >= 11 is 0. The molecule has 4 nitrogen and oxygen atoms in total. The molecule has 0 radical (unpaired) electrons. The molecule has 0 saturated carbocycles. The maximum Gasteiger partial charge on any atom is 0.138 e.